The summed E-state index contributed by atoms with van der Waals surface area (Å²) in [6.07, 6.45) is 1.69. The Morgan fingerprint density at radius 2 is 1.90 bits per heavy atom. The summed E-state index contributed by atoms with van der Waals surface area (Å²) in [5.74, 6) is 0.103. The van der Waals surface area contributed by atoms with E-state index in [9.17, 15) is 4.39 Å². The third-order valence-electron chi connectivity index (χ3n) is 3.56. The van der Waals surface area contributed by atoms with E-state index in [-0.39, 0.29) is 5.82 Å². The van der Waals surface area contributed by atoms with Crippen LogP contribution in [0.15, 0.2) is 54.7 Å². The van der Waals surface area contributed by atoms with Crippen molar-refractivity contribution in [3.63, 3.8) is 0 Å². The summed E-state index contributed by atoms with van der Waals surface area (Å²) in [6.45, 7) is 0. The number of para-hydroxylation sites is 1. The quantitative estimate of drug-likeness (QED) is 0.800. The Morgan fingerprint density at radius 3 is 2.67 bits per heavy atom. The summed E-state index contributed by atoms with van der Waals surface area (Å²) in [4.78, 5) is 4.30. The van der Waals surface area contributed by atoms with Gasteiger partial charge in [-0.25, -0.2) is 4.39 Å². The van der Waals surface area contributed by atoms with Gasteiger partial charge in [0.2, 0.25) is 0 Å². The third-order valence-corrected chi connectivity index (χ3v) is 3.56. The molecular weight excluding hydrogens is 267 g/mol. The molecule has 3 rings (SSSR count). The number of benzene rings is 2. The monoisotopic (exact) mass is 282 g/mol. The first-order valence-corrected chi connectivity index (χ1v) is 6.63. The maximum Gasteiger partial charge on any atom is 0.132 e. The van der Waals surface area contributed by atoms with Crippen LogP contribution in [0.3, 0.4) is 0 Å². The second kappa shape index (κ2) is 5.50. The molecule has 0 amide bonds. The SMILES string of the molecule is COc1ccc(C(N)c2ccnc3ccccc23)c(F)c1. The van der Waals surface area contributed by atoms with E-state index in [0.717, 1.165) is 16.5 Å². The molecule has 3 nitrogen and oxygen atoms in total. The van der Waals surface area contributed by atoms with Gasteiger partial charge in [-0.15, -0.1) is 0 Å². The lowest BCUT2D eigenvalue weighted by molar-refractivity contribution is 0.410. The molecular formula is C17H15FN2O. The molecule has 1 heterocycles. The van der Waals surface area contributed by atoms with Crippen LogP contribution in [0.2, 0.25) is 0 Å². The average Bonchev–Trinajstić information content (AvgIpc) is 2.53. The van der Waals surface area contributed by atoms with Crippen LogP contribution in [0.4, 0.5) is 4.39 Å². The molecule has 1 atom stereocenters. The zero-order valence-electron chi connectivity index (χ0n) is 11.6. The largest absolute Gasteiger partial charge is 0.497 e. The van der Waals surface area contributed by atoms with Gasteiger partial charge in [-0.3, -0.25) is 4.98 Å². The highest BCUT2D eigenvalue weighted by Gasteiger charge is 2.16. The number of nitrogens with zero attached hydrogens (tertiary/aromatic N) is 1. The first-order chi connectivity index (χ1) is 10.2. The van der Waals surface area contributed by atoms with Crippen molar-refractivity contribution in [2.24, 2.45) is 5.73 Å². The van der Waals surface area contributed by atoms with Crippen LogP contribution < -0.4 is 10.5 Å². The number of rotatable bonds is 3. The number of nitrogens with two attached hydrogens (primary N) is 1. The van der Waals surface area contributed by atoms with Gasteiger partial charge in [0.25, 0.3) is 0 Å². The van der Waals surface area contributed by atoms with Crippen molar-refractivity contribution < 1.29 is 9.13 Å². The number of fused-ring (bicyclic) bond motifs is 1. The summed E-state index contributed by atoms with van der Waals surface area (Å²) in [6, 6.07) is 13.7. The van der Waals surface area contributed by atoms with Crippen molar-refractivity contribution in [3.8, 4) is 5.75 Å². The summed E-state index contributed by atoms with van der Waals surface area (Å²) in [5, 5.41) is 0.933. The van der Waals surface area contributed by atoms with Gasteiger partial charge in [-0.05, 0) is 23.8 Å². The van der Waals surface area contributed by atoms with E-state index in [2.05, 4.69) is 4.98 Å². The maximum atomic E-state index is 14.2. The molecule has 0 aliphatic carbocycles. The van der Waals surface area contributed by atoms with E-state index in [1.807, 2.05) is 30.3 Å². The fraction of sp³-hybridized carbons (Fsp3) is 0.118. The molecule has 0 saturated carbocycles. The maximum absolute atomic E-state index is 14.2. The molecule has 0 aliphatic heterocycles. The lowest BCUT2D eigenvalue weighted by Crippen LogP contribution is -2.14. The van der Waals surface area contributed by atoms with E-state index >= 15 is 0 Å². The first-order valence-electron chi connectivity index (χ1n) is 6.63. The molecule has 2 N–H and O–H groups in total. The Balaban J connectivity index is 2.10. The summed E-state index contributed by atoms with van der Waals surface area (Å²) in [7, 11) is 1.50. The van der Waals surface area contributed by atoms with Gasteiger partial charge in [-0.2, -0.15) is 0 Å². The minimum Gasteiger partial charge on any atom is -0.497 e. The first kappa shape index (κ1) is 13.5. The highest BCUT2D eigenvalue weighted by atomic mass is 19.1. The fourth-order valence-corrected chi connectivity index (χ4v) is 2.44. The second-order valence-corrected chi connectivity index (χ2v) is 4.78. The van der Waals surface area contributed by atoms with E-state index in [1.165, 1.54) is 13.2 Å². The topological polar surface area (TPSA) is 48.1 Å². The van der Waals surface area contributed by atoms with Gasteiger partial charge < -0.3 is 10.5 Å². The standard InChI is InChI=1S/C17H15FN2O/c1-21-11-6-7-14(15(18)10-11)17(19)13-8-9-20-16-5-3-2-4-12(13)16/h2-10,17H,19H2,1H3. The zero-order chi connectivity index (χ0) is 14.8. The number of hydrogen-bond acceptors (Lipinski definition) is 3. The number of hydrogen-bond donors (Lipinski definition) is 1. The number of methoxy groups -OCH3 is 1. The van der Waals surface area contributed by atoms with Crippen molar-refractivity contribution in [2.75, 3.05) is 7.11 Å². The summed E-state index contributed by atoms with van der Waals surface area (Å²) >= 11 is 0. The summed E-state index contributed by atoms with van der Waals surface area (Å²) in [5.41, 5.74) is 8.40. The van der Waals surface area contributed by atoms with E-state index in [1.54, 1.807) is 18.3 Å². The third kappa shape index (κ3) is 2.45. The Morgan fingerprint density at radius 1 is 1.10 bits per heavy atom. The number of halogens is 1. The number of ether oxygens (including phenoxy) is 1. The van der Waals surface area contributed by atoms with Crippen LogP contribution in [0.1, 0.15) is 17.2 Å². The molecule has 1 unspecified atom stereocenters. The molecule has 21 heavy (non-hydrogen) atoms. The van der Waals surface area contributed by atoms with Crippen LogP contribution in [-0.4, -0.2) is 12.1 Å². The van der Waals surface area contributed by atoms with Crippen LogP contribution in [0.25, 0.3) is 10.9 Å². The zero-order valence-corrected chi connectivity index (χ0v) is 11.6. The van der Waals surface area contributed by atoms with Crippen LogP contribution >= 0.6 is 0 Å². The Kier molecular flexibility index (Phi) is 3.54. The predicted molar refractivity (Wildman–Crippen MR) is 80.7 cm³/mol. The van der Waals surface area contributed by atoms with E-state index < -0.39 is 6.04 Å². The molecule has 2 aromatic carbocycles. The highest BCUT2D eigenvalue weighted by molar-refractivity contribution is 5.82. The Labute approximate surface area is 122 Å². The fourth-order valence-electron chi connectivity index (χ4n) is 2.44. The molecule has 4 heteroatoms. The molecule has 0 fully saturated rings. The van der Waals surface area contributed by atoms with Crippen molar-refractivity contribution in [3.05, 3.63) is 71.7 Å². The van der Waals surface area contributed by atoms with Crippen LogP contribution in [-0.2, 0) is 0 Å². The molecule has 3 aromatic rings. The predicted octanol–water partition coefficient (Wildman–Crippen LogP) is 3.43. The Hall–Kier alpha value is -2.46. The van der Waals surface area contributed by atoms with E-state index in [0.29, 0.717) is 11.3 Å². The summed E-state index contributed by atoms with van der Waals surface area (Å²) < 4.78 is 19.2. The van der Waals surface area contributed by atoms with Crippen molar-refractivity contribution >= 4 is 10.9 Å². The second-order valence-electron chi connectivity index (χ2n) is 4.78. The minimum absolute atomic E-state index is 0.372. The van der Waals surface area contributed by atoms with Gasteiger partial charge in [0, 0.05) is 23.2 Å². The molecule has 106 valence electrons. The van der Waals surface area contributed by atoms with Gasteiger partial charge >= 0.3 is 0 Å². The number of pyridine rings is 1. The number of aromatic nitrogens is 1. The average molecular weight is 282 g/mol. The van der Waals surface area contributed by atoms with Crippen molar-refractivity contribution in [2.45, 2.75) is 6.04 Å². The molecule has 0 bridgehead atoms. The Bertz CT molecular complexity index is 783. The van der Waals surface area contributed by atoms with Crippen molar-refractivity contribution in [1.82, 2.24) is 4.98 Å². The lowest BCUT2D eigenvalue weighted by atomic mass is 9.96. The molecule has 0 saturated heterocycles. The van der Waals surface area contributed by atoms with Crippen LogP contribution in [0, 0.1) is 5.82 Å². The highest BCUT2D eigenvalue weighted by Crippen LogP contribution is 2.29. The van der Waals surface area contributed by atoms with Gasteiger partial charge in [-0.1, -0.05) is 24.3 Å². The smallest absolute Gasteiger partial charge is 0.132 e. The van der Waals surface area contributed by atoms with Crippen LogP contribution in [0.5, 0.6) is 5.75 Å². The van der Waals surface area contributed by atoms with Gasteiger partial charge in [0.1, 0.15) is 11.6 Å². The van der Waals surface area contributed by atoms with E-state index in [4.69, 9.17) is 10.5 Å². The molecule has 0 spiro atoms. The normalized spacial score (nSPS) is 12.3. The van der Waals surface area contributed by atoms with Crippen molar-refractivity contribution in [1.29, 1.82) is 0 Å². The minimum atomic E-state index is -0.552. The van der Waals surface area contributed by atoms with Gasteiger partial charge in [0.05, 0.1) is 18.7 Å². The molecule has 0 aliphatic rings. The molecule has 0 radical (unpaired) electrons. The molecule has 1 aromatic heterocycles. The van der Waals surface area contributed by atoms with Gasteiger partial charge in [0.15, 0.2) is 0 Å². The lowest BCUT2D eigenvalue weighted by Gasteiger charge is -2.16.